The van der Waals surface area contributed by atoms with Gasteiger partial charge in [0.2, 0.25) is 5.79 Å². The summed E-state index contributed by atoms with van der Waals surface area (Å²) in [5.41, 5.74) is -1.97. The summed E-state index contributed by atoms with van der Waals surface area (Å²) in [5.74, 6) is -8.02. The normalized spacial score (nSPS) is 37.1. The lowest BCUT2D eigenvalue weighted by molar-refractivity contribution is -0.348. The largest absolute Gasteiger partial charge is 0.466 e. The van der Waals surface area contributed by atoms with Gasteiger partial charge in [-0.15, -0.1) is 0 Å². The Balaban J connectivity index is 1.88. The first-order valence-electron chi connectivity index (χ1n) is 20.6. The fourth-order valence-corrected chi connectivity index (χ4v) is 8.33. The molecule has 11 unspecified atom stereocenters. The Labute approximate surface area is 351 Å². The molecule has 17 heteroatoms. The fraction of sp³-hybridized carbons (Fsp3) is 0.744. The fourth-order valence-electron chi connectivity index (χ4n) is 8.33. The number of carbonyl (C=O) groups excluding carboxylic acids is 5. The Morgan fingerprint density at radius 1 is 0.900 bits per heavy atom. The molecule has 4 aliphatic heterocycles. The number of cyclic esters (lactones) is 1. The third-order valence-corrected chi connectivity index (χ3v) is 11.9. The third-order valence-electron chi connectivity index (χ3n) is 11.9. The minimum absolute atomic E-state index is 0.0876. The second kappa shape index (κ2) is 20.0. The number of hydrogen-bond acceptors (Lipinski definition) is 17. The molecule has 4 N–H and O–H groups in total. The zero-order valence-corrected chi connectivity index (χ0v) is 36.2. The molecular formula is C43H64O17. The van der Waals surface area contributed by atoms with Crippen LogP contribution in [-0.2, 0) is 61.9 Å². The van der Waals surface area contributed by atoms with Gasteiger partial charge in [-0.1, -0.05) is 52.3 Å². The number of ether oxygens (including phenoxy) is 8. The minimum Gasteiger partial charge on any atom is -0.466 e. The van der Waals surface area contributed by atoms with Crippen LogP contribution in [0.3, 0.4) is 0 Å². The quantitative estimate of drug-likeness (QED) is 0.124. The van der Waals surface area contributed by atoms with Crippen LogP contribution < -0.4 is 0 Å². The number of fused-ring (bicyclic) bond motifs is 6. The van der Waals surface area contributed by atoms with Gasteiger partial charge in [0.15, 0.2) is 11.9 Å². The van der Waals surface area contributed by atoms with Crippen molar-refractivity contribution in [1.82, 2.24) is 0 Å². The van der Waals surface area contributed by atoms with E-state index in [-0.39, 0.29) is 56.9 Å². The van der Waals surface area contributed by atoms with Crippen LogP contribution in [0.1, 0.15) is 113 Å². The number of rotatable bonds is 7. The minimum atomic E-state index is -2.41. The zero-order chi connectivity index (χ0) is 44.8. The van der Waals surface area contributed by atoms with E-state index in [0.29, 0.717) is 12.0 Å². The Kier molecular flexibility index (Phi) is 16.3. The summed E-state index contributed by atoms with van der Waals surface area (Å²) in [6, 6.07) is 0. The molecule has 17 nitrogen and oxygen atoms in total. The van der Waals surface area contributed by atoms with Gasteiger partial charge < -0.3 is 58.3 Å². The molecule has 0 amide bonds. The first kappa shape index (κ1) is 49.0. The number of esters is 5. The summed E-state index contributed by atoms with van der Waals surface area (Å²) in [6.07, 6.45) is -4.32. The molecule has 0 aliphatic carbocycles. The van der Waals surface area contributed by atoms with Crippen molar-refractivity contribution in [2.45, 2.75) is 179 Å². The second-order valence-electron chi connectivity index (χ2n) is 17.5. The van der Waals surface area contributed by atoms with Crippen LogP contribution in [0.15, 0.2) is 35.5 Å². The van der Waals surface area contributed by atoms with Gasteiger partial charge in [0.1, 0.15) is 12.2 Å². The Hall–Kier alpha value is -3.71. The molecule has 0 radical (unpaired) electrons. The Morgan fingerprint density at radius 2 is 1.57 bits per heavy atom. The SMILES string of the molecule is CCCC(=O)OC1CC2CC(O)CC(=O)OC(C(C)O)CC3C/C(=C\C(=O)OC)C(OC(C)=O)C(O)(O3)C(C)(C)/C=C/C3C/C(=C\C(=O)OC)CC(CC(O)(O2)C1(C)C)O3. The van der Waals surface area contributed by atoms with E-state index in [0.717, 1.165) is 20.1 Å². The number of methoxy groups -OCH3 is 2. The standard InChI is InChI=1S/C43H64O17/c1-10-11-35(47)58-34-22-31-19-28(46)20-38(50)57-33(24(2)44)21-30-17-27(18-37(49)54-9)39(55-25(3)45)43(52,60-30)40(4,5)13-12-29-14-26(16-36(48)53-8)15-32(56-29)23-42(51,59-31)41(34,6)7/h12-13,16,18,24,28-34,39,44,46,51-52H,10-11,14-15,17,19-23H2,1-9H3/b13-12+,26-16+,27-18+. The van der Waals surface area contributed by atoms with Crippen LogP contribution in [0.4, 0.5) is 0 Å². The van der Waals surface area contributed by atoms with Crippen LogP contribution in [-0.4, -0.2) is 131 Å². The van der Waals surface area contributed by atoms with E-state index < -0.39 is 114 Å². The van der Waals surface area contributed by atoms with Crippen LogP contribution in [0, 0.1) is 10.8 Å². The monoisotopic (exact) mass is 852 g/mol. The van der Waals surface area contributed by atoms with Gasteiger partial charge in [0, 0.05) is 56.6 Å². The molecule has 338 valence electrons. The van der Waals surface area contributed by atoms with E-state index in [9.17, 15) is 44.4 Å². The molecule has 0 aromatic carbocycles. The summed E-state index contributed by atoms with van der Waals surface area (Å²) < 4.78 is 46.4. The van der Waals surface area contributed by atoms with Crippen LogP contribution in [0.25, 0.3) is 0 Å². The molecule has 6 bridgehead atoms. The summed E-state index contributed by atoms with van der Waals surface area (Å²) in [4.78, 5) is 64.0. The van der Waals surface area contributed by atoms with Crippen LogP contribution >= 0.6 is 0 Å². The lowest BCUT2D eigenvalue weighted by atomic mass is 9.70. The highest BCUT2D eigenvalue weighted by atomic mass is 16.7. The van der Waals surface area contributed by atoms with Gasteiger partial charge in [-0.25, -0.2) is 9.59 Å². The average molecular weight is 853 g/mol. The predicted molar refractivity (Wildman–Crippen MR) is 210 cm³/mol. The molecule has 60 heavy (non-hydrogen) atoms. The van der Waals surface area contributed by atoms with Crippen molar-refractivity contribution >= 4 is 29.8 Å². The average Bonchev–Trinajstić information content (AvgIpc) is 3.13. The van der Waals surface area contributed by atoms with E-state index >= 15 is 0 Å². The highest BCUT2D eigenvalue weighted by Crippen LogP contribution is 2.50. The molecule has 0 saturated carbocycles. The van der Waals surface area contributed by atoms with Gasteiger partial charge in [-0.3, -0.25) is 14.4 Å². The number of aliphatic hydroxyl groups is 4. The number of carbonyl (C=O) groups is 5. The zero-order valence-electron chi connectivity index (χ0n) is 36.2. The van der Waals surface area contributed by atoms with Gasteiger partial charge >= 0.3 is 29.8 Å². The highest BCUT2D eigenvalue weighted by Gasteiger charge is 2.59. The van der Waals surface area contributed by atoms with Crippen LogP contribution in [0.2, 0.25) is 0 Å². The first-order chi connectivity index (χ1) is 27.9. The molecule has 3 fully saturated rings. The topological polar surface area (TPSA) is 240 Å². The van der Waals surface area contributed by atoms with Gasteiger partial charge in [-0.2, -0.15) is 0 Å². The molecule has 4 aliphatic rings. The van der Waals surface area contributed by atoms with Crippen molar-refractivity contribution < 1.29 is 82.3 Å². The lowest BCUT2D eigenvalue weighted by Gasteiger charge is -2.53. The highest BCUT2D eigenvalue weighted by molar-refractivity contribution is 5.83. The molecule has 4 heterocycles. The maximum Gasteiger partial charge on any atom is 0.330 e. The first-order valence-corrected chi connectivity index (χ1v) is 20.6. The van der Waals surface area contributed by atoms with E-state index in [1.165, 1.54) is 20.1 Å². The van der Waals surface area contributed by atoms with E-state index in [1.807, 2.05) is 6.92 Å². The van der Waals surface area contributed by atoms with Crippen molar-refractivity contribution in [2.75, 3.05) is 14.2 Å². The summed E-state index contributed by atoms with van der Waals surface area (Å²) in [6.45, 7) is 11.0. The maximum absolute atomic E-state index is 13.4. The smallest absolute Gasteiger partial charge is 0.330 e. The molecule has 0 spiro atoms. The van der Waals surface area contributed by atoms with E-state index in [2.05, 4.69) is 0 Å². The van der Waals surface area contributed by atoms with E-state index in [4.69, 9.17) is 37.9 Å². The van der Waals surface area contributed by atoms with E-state index in [1.54, 1.807) is 39.8 Å². The summed E-state index contributed by atoms with van der Waals surface area (Å²) >= 11 is 0. The Morgan fingerprint density at radius 3 is 2.18 bits per heavy atom. The van der Waals surface area contributed by atoms with Gasteiger partial charge in [0.05, 0.1) is 62.7 Å². The maximum atomic E-state index is 13.4. The molecule has 11 atom stereocenters. The van der Waals surface area contributed by atoms with Crippen LogP contribution in [0.5, 0.6) is 0 Å². The van der Waals surface area contributed by atoms with Gasteiger partial charge in [-0.05, 0) is 38.2 Å². The second-order valence-corrected chi connectivity index (χ2v) is 17.5. The van der Waals surface area contributed by atoms with Crippen molar-refractivity contribution in [3.8, 4) is 0 Å². The van der Waals surface area contributed by atoms with Crippen molar-refractivity contribution in [3.05, 3.63) is 35.5 Å². The number of hydrogen-bond donors (Lipinski definition) is 4. The third kappa shape index (κ3) is 11.8. The summed E-state index contributed by atoms with van der Waals surface area (Å²) in [7, 11) is 2.40. The summed E-state index contributed by atoms with van der Waals surface area (Å²) in [5, 5.41) is 47.2. The molecule has 3 saturated heterocycles. The van der Waals surface area contributed by atoms with Crippen molar-refractivity contribution in [2.24, 2.45) is 10.8 Å². The molecule has 4 rings (SSSR count). The number of aliphatic hydroxyl groups excluding tert-OH is 2. The molecular weight excluding hydrogens is 788 g/mol. The Bertz CT molecular complexity index is 1660. The predicted octanol–water partition coefficient (Wildman–Crippen LogP) is 3.17. The molecule has 0 aromatic heterocycles. The van der Waals surface area contributed by atoms with Gasteiger partial charge in [0.25, 0.3) is 0 Å². The lowest BCUT2D eigenvalue weighted by Crippen LogP contribution is -2.62. The van der Waals surface area contributed by atoms with Crippen molar-refractivity contribution in [3.63, 3.8) is 0 Å². The van der Waals surface area contributed by atoms with Crippen molar-refractivity contribution in [1.29, 1.82) is 0 Å². The molecule has 0 aromatic rings.